The van der Waals surface area contributed by atoms with Crippen LogP contribution < -0.4 is 11.1 Å². The zero-order valence-electron chi connectivity index (χ0n) is 9.09. The Morgan fingerprint density at radius 3 is 2.93 bits per heavy atom. The van der Waals surface area contributed by atoms with Crippen LogP contribution in [0.25, 0.3) is 0 Å². The molecule has 84 valence electrons. The Labute approximate surface area is 89.4 Å². The molecule has 0 fully saturated rings. The van der Waals surface area contributed by atoms with E-state index in [1.54, 1.807) is 12.1 Å². The van der Waals surface area contributed by atoms with E-state index in [2.05, 4.69) is 5.32 Å². The Hall–Kier alpha value is -1.29. The normalized spacial score (nSPS) is 12.5. The van der Waals surface area contributed by atoms with Gasteiger partial charge in [0.2, 0.25) is 0 Å². The van der Waals surface area contributed by atoms with E-state index in [0.29, 0.717) is 18.8 Å². The van der Waals surface area contributed by atoms with Crippen molar-refractivity contribution in [2.75, 3.05) is 24.2 Å². The van der Waals surface area contributed by atoms with Gasteiger partial charge in [-0.3, -0.25) is 0 Å². The number of nitrogens with two attached hydrogens (primary N) is 1. The summed E-state index contributed by atoms with van der Waals surface area (Å²) in [4.78, 5) is 0. The van der Waals surface area contributed by atoms with Gasteiger partial charge in [-0.25, -0.2) is 4.39 Å². The standard InChI is InChI=1S/C11H17FN2O/c1-3-15-8(2)7-14-10-6-4-5-9(12)11(10)13/h4-6,8,14H,3,7,13H2,1-2H3. The maximum atomic E-state index is 13.1. The van der Waals surface area contributed by atoms with Crippen LogP contribution in [-0.4, -0.2) is 19.3 Å². The Morgan fingerprint density at radius 1 is 1.53 bits per heavy atom. The van der Waals surface area contributed by atoms with Crippen LogP contribution in [0, 0.1) is 5.82 Å². The molecule has 1 rings (SSSR count). The fraction of sp³-hybridized carbons (Fsp3) is 0.455. The lowest BCUT2D eigenvalue weighted by atomic mass is 10.2. The molecule has 1 aromatic carbocycles. The van der Waals surface area contributed by atoms with Crippen molar-refractivity contribution in [2.24, 2.45) is 0 Å². The van der Waals surface area contributed by atoms with Gasteiger partial charge < -0.3 is 15.8 Å². The third-order valence-electron chi connectivity index (χ3n) is 2.08. The lowest BCUT2D eigenvalue weighted by Gasteiger charge is -2.14. The second kappa shape index (κ2) is 5.56. The Kier molecular flexibility index (Phi) is 4.37. The lowest BCUT2D eigenvalue weighted by molar-refractivity contribution is 0.0855. The van der Waals surface area contributed by atoms with Gasteiger partial charge in [0.25, 0.3) is 0 Å². The number of nitrogens with one attached hydrogen (secondary N) is 1. The van der Waals surface area contributed by atoms with E-state index in [1.165, 1.54) is 6.07 Å². The molecule has 1 aromatic rings. The molecule has 0 amide bonds. The minimum Gasteiger partial charge on any atom is -0.395 e. The summed E-state index contributed by atoms with van der Waals surface area (Å²) >= 11 is 0. The van der Waals surface area contributed by atoms with Crippen molar-refractivity contribution >= 4 is 11.4 Å². The molecule has 3 nitrogen and oxygen atoms in total. The van der Waals surface area contributed by atoms with E-state index < -0.39 is 5.82 Å². The molecule has 0 aliphatic carbocycles. The van der Waals surface area contributed by atoms with E-state index in [-0.39, 0.29) is 11.8 Å². The summed E-state index contributed by atoms with van der Waals surface area (Å²) in [5.41, 5.74) is 6.33. The van der Waals surface area contributed by atoms with Crippen LogP contribution >= 0.6 is 0 Å². The van der Waals surface area contributed by atoms with Gasteiger partial charge in [0.15, 0.2) is 0 Å². The van der Waals surface area contributed by atoms with Crippen molar-refractivity contribution in [2.45, 2.75) is 20.0 Å². The molecule has 3 N–H and O–H groups in total. The van der Waals surface area contributed by atoms with Crippen LogP contribution in [0.2, 0.25) is 0 Å². The number of hydrogen-bond acceptors (Lipinski definition) is 3. The maximum Gasteiger partial charge on any atom is 0.148 e. The zero-order valence-corrected chi connectivity index (χ0v) is 9.09. The molecule has 1 atom stereocenters. The van der Waals surface area contributed by atoms with Gasteiger partial charge in [-0.15, -0.1) is 0 Å². The van der Waals surface area contributed by atoms with Crippen molar-refractivity contribution in [1.29, 1.82) is 0 Å². The maximum absolute atomic E-state index is 13.1. The van der Waals surface area contributed by atoms with Crippen LogP contribution in [0.3, 0.4) is 0 Å². The molecule has 0 saturated heterocycles. The van der Waals surface area contributed by atoms with Crippen LogP contribution in [-0.2, 0) is 4.74 Å². The van der Waals surface area contributed by atoms with Gasteiger partial charge >= 0.3 is 0 Å². The van der Waals surface area contributed by atoms with Crippen molar-refractivity contribution < 1.29 is 9.13 Å². The van der Waals surface area contributed by atoms with Gasteiger partial charge in [0.05, 0.1) is 17.5 Å². The molecule has 0 bridgehead atoms. The van der Waals surface area contributed by atoms with Crippen molar-refractivity contribution in [3.05, 3.63) is 24.0 Å². The number of hydrogen-bond donors (Lipinski definition) is 2. The molecule has 0 radical (unpaired) electrons. The third kappa shape index (κ3) is 3.40. The second-order valence-electron chi connectivity index (χ2n) is 3.35. The summed E-state index contributed by atoms with van der Waals surface area (Å²) in [6.45, 7) is 5.17. The van der Waals surface area contributed by atoms with Gasteiger partial charge in [-0.1, -0.05) is 6.07 Å². The molecule has 1 unspecified atom stereocenters. The highest BCUT2D eigenvalue weighted by Crippen LogP contribution is 2.20. The van der Waals surface area contributed by atoms with E-state index in [4.69, 9.17) is 10.5 Å². The summed E-state index contributed by atoms with van der Waals surface area (Å²) in [6, 6.07) is 4.71. The Bertz CT molecular complexity index is 317. The predicted molar refractivity (Wildman–Crippen MR) is 60.4 cm³/mol. The fourth-order valence-corrected chi connectivity index (χ4v) is 1.29. The third-order valence-corrected chi connectivity index (χ3v) is 2.08. The number of halogens is 1. The van der Waals surface area contributed by atoms with Gasteiger partial charge in [0, 0.05) is 13.2 Å². The molecule has 0 spiro atoms. The van der Waals surface area contributed by atoms with E-state index in [1.807, 2.05) is 13.8 Å². The smallest absolute Gasteiger partial charge is 0.148 e. The van der Waals surface area contributed by atoms with Crippen molar-refractivity contribution in [1.82, 2.24) is 0 Å². The van der Waals surface area contributed by atoms with Crippen molar-refractivity contribution in [3.63, 3.8) is 0 Å². The first-order chi connectivity index (χ1) is 7.15. The SMILES string of the molecule is CCOC(C)CNc1cccc(F)c1N. The van der Waals surface area contributed by atoms with Gasteiger partial charge in [-0.2, -0.15) is 0 Å². The average molecular weight is 212 g/mol. The van der Waals surface area contributed by atoms with E-state index in [0.717, 1.165) is 0 Å². The second-order valence-corrected chi connectivity index (χ2v) is 3.35. The van der Waals surface area contributed by atoms with Crippen molar-refractivity contribution in [3.8, 4) is 0 Å². The Morgan fingerprint density at radius 2 is 2.27 bits per heavy atom. The molecule has 0 saturated carbocycles. The number of nitrogen functional groups attached to an aromatic ring is 1. The van der Waals surface area contributed by atoms with E-state index in [9.17, 15) is 4.39 Å². The van der Waals surface area contributed by atoms with E-state index >= 15 is 0 Å². The first-order valence-corrected chi connectivity index (χ1v) is 5.04. The number of anilines is 2. The number of ether oxygens (including phenoxy) is 1. The van der Waals surface area contributed by atoms with Crippen LogP contribution in [0.1, 0.15) is 13.8 Å². The first kappa shape index (κ1) is 11.8. The number of para-hydroxylation sites is 1. The predicted octanol–water partition coefficient (Wildman–Crippen LogP) is 2.24. The summed E-state index contributed by atoms with van der Waals surface area (Å²) in [6.07, 6.45) is 0.0812. The van der Waals surface area contributed by atoms with Crippen LogP contribution in [0.5, 0.6) is 0 Å². The zero-order chi connectivity index (χ0) is 11.3. The minimum atomic E-state index is -0.399. The molecule has 0 aliphatic rings. The van der Waals surface area contributed by atoms with Gasteiger partial charge in [-0.05, 0) is 26.0 Å². The summed E-state index contributed by atoms with van der Waals surface area (Å²) in [7, 11) is 0. The monoisotopic (exact) mass is 212 g/mol. The number of benzene rings is 1. The largest absolute Gasteiger partial charge is 0.395 e. The van der Waals surface area contributed by atoms with Crippen LogP contribution in [0.15, 0.2) is 18.2 Å². The molecule has 0 aromatic heterocycles. The molecule has 0 aliphatic heterocycles. The molecule has 4 heteroatoms. The quantitative estimate of drug-likeness (QED) is 0.736. The molecule has 0 heterocycles. The van der Waals surface area contributed by atoms with Gasteiger partial charge in [0.1, 0.15) is 5.82 Å². The fourth-order valence-electron chi connectivity index (χ4n) is 1.29. The lowest BCUT2D eigenvalue weighted by Crippen LogP contribution is -2.20. The molecule has 15 heavy (non-hydrogen) atoms. The molecular formula is C11H17FN2O. The molecular weight excluding hydrogens is 195 g/mol. The highest BCUT2D eigenvalue weighted by atomic mass is 19.1. The minimum absolute atomic E-state index is 0.0812. The average Bonchev–Trinajstić information content (AvgIpc) is 2.21. The number of rotatable bonds is 5. The topological polar surface area (TPSA) is 47.3 Å². The highest BCUT2D eigenvalue weighted by Gasteiger charge is 2.05. The summed E-state index contributed by atoms with van der Waals surface area (Å²) in [5, 5.41) is 3.05. The summed E-state index contributed by atoms with van der Waals surface area (Å²) in [5.74, 6) is -0.399. The van der Waals surface area contributed by atoms with Crippen LogP contribution in [0.4, 0.5) is 15.8 Å². The summed E-state index contributed by atoms with van der Waals surface area (Å²) < 4.78 is 18.4. The first-order valence-electron chi connectivity index (χ1n) is 5.04. The highest BCUT2D eigenvalue weighted by molar-refractivity contribution is 5.66. The Balaban J connectivity index is 2.54.